The Balaban J connectivity index is 2.57. The maximum Gasteiger partial charge on any atom is 0.251 e. The summed E-state index contributed by atoms with van der Waals surface area (Å²) >= 11 is 0. The zero-order valence-electron chi connectivity index (χ0n) is 10.4. The summed E-state index contributed by atoms with van der Waals surface area (Å²) in [4.78, 5) is 22.9. The van der Waals surface area contributed by atoms with Crippen LogP contribution in [0.25, 0.3) is 0 Å². The number of hydrogen-bond acceptors (Lipinski definition) is 3. The predicted octanol–water partition coefficient (Wildman–Crippen LogP) is 1.15. The molecule has 0 unspecified atom stereocenters. The molecule has 0 aromatic heterocycles. The maximum absolute atomic E-state index is 11.5. The number of nitrogens with one attached hydrogen (secondary N) is 2. The van der Waals surface area contributed by atoms with Crippen LogP contribution in [-0.2, 0) is 4.79 Å². The van der Waals surface area contributed by atoms with E-state index < -0.39 is 0 Å². The lowest BCUT2D eigenvalue weighted by Gasteiger charge is -2.06. The van der Waals surface area contributed by atoms with Crippen LogP contribution in [0.2, 0.25) is 0 Å². The molecular formula is C13H18N2O3. The quantitative estimate of drug-likeness (QED) is 0.708. The Morgan fingerprint density at radius 3 is 2.44 bits per heavy atom. The van der Waals surface area contributed by atoms with Crippen molar-refractivity contribution in [1.82, 2.24) is 5.32 Å². The van der Waals surface area contributed by atoms with Gasteiger partial charge in [-0.15, -0.1) is 0 Å². The molecule has 0 aliphatic heterocycles. The number of carbonyl (C=O) groups excluding carboxylic acids is 2. The van der Waals surface area contributed by atoms with Crippen LogP contribution in [0.15, 0.2) is 24.3 Å². The van der Waals surface area contributed by atoms with E-state index in [1.54, 1.807) is 24.3 Å². The van der Waals surface area contributed by atoms with Gasteiger partial charge in [0.05, 0.1) is 6.61 Å². The van der Waals surface area contributed by atoms with E-state index in [4.69, 9.17) is 5.11 Å². The Labute approximate surface area is 106 Å². The van der Waals surface area contributed by atoms with Crippen molar-refractivity contribution < 1.29 is 14.7 Å². The Bertz CT molecular complexity index is 401. The van der Waals surface area contributed by atoms with Gasteiger partial charge in [-0.05, 0) is 30.7 Å². The van der Waals surface area contributed by atoms with Crippen LogP contribution in [0.3, 0.4) is 0 Å². The topological polar surface area (TPSA) is 78.4 Å². The van der Waals surface area contributed by atoms with Gasteiger partial charge in [0, 0.05) is 24.2 Å². The monoisotopic (exact) mass is 250 g/mol. The highest BCUT2D eigenvalue weighted by Gasteiger charge is 2.05. The summed E-state index contributed by atoms with van der Waals surface area (Å²) in [6.07, 6.45) is 1.28. The van der Waals surface area contributed by atoms with E-state index in [1.807, 2.05) is 6.92 Å². The van der Waals surface area contributed by atoms with Crippen molar-refractivity contribution in [3.05, 3.63) is 29.8 Å². The van der Waals surface area contributed by atoms with Gasteiger partial charge in [-0.25, -0.2) is 0 Å². The molecule has 0 radical (unpaired) electrons. The molecule has 1 aromatic carbocycles. The molecule has 5 nitrogen and oxygen atoms in total. The molecule has 0 aliphatic carbocycles. The molecule has 0 saturated carbocycles. The fraction of sp³-hybridized carbons (Fsp3) is 0.385. The van der Waals surface area contributed by atoms with Crippen molar-refractivity contribution in [3.63, 3.8) is 0 Å². The molecule has 0 fully saturated rings. The van der Waals surface area contributed by atoms with Gasteiger partial charge in [-0.3, -0.25) is 9.59 Å². The Kier molecular flexibility index (Phi) is 5.87. The van der Waals surface area contributed by atoms with Crippen LogP contribution >= 0.6 is 0 Å². The molecule has 0 aliphatic rings. The fourth-order valence-electron chi connectivity index (χ4n) is 1.43. The van der Waals surface area contributed by atoms with Gasteiger partial charge in [0.15, 0.2) is 0 Å². The van der Waals surface area contributed by atoms with E-state index in [1.165, 1.54) is 0 Å². The second-order valence-corrected chi connectivity index (χ2v) is 3.86. The molecule has 18 heavy (non-hydrogen) atoms. The Morgan fingerprint density at radius 1 is 1.22 bits per heavy atom. The number of aliphatic hydroxyl groups excluding tert-OH is 1. The van der Waals surface area contributed by atoms with Crippen LogP contribution in [0.5, 0.6) is 0 Å². The summed E-state index contributed by atoms with van der Waals surface area (Å²) in [6, 6.07) is 6.63. The van der Waals surface area contributed by atoms with Gasteiger partial charge in [0.2, 0.25) is 5.91 Å². The average Bonchev–Trinajstić information content (AvgIpc) is 2.37. The number of amides is 2. The number of benzene rings is 1. The third-order valence-corrected chi connectivity index (χ3v) is 2.31. The van der Waals surface area contributed by atoms with Crippen molar-refractivity contribution in [1.29, 1.82) is 0 Å². The van der Waals surface area contributed by atoms with Gasteiger partial charge in [-0.1, -0.05) is 6.92 Å². The van der Waals surface area contributed by atoms with Crippen LogP contribution in [0.1, 0.15) is 30.1 Å². The highest BCUT2D eigenvalue weighted by Crippen LogP contribution is 2.10. The first kappa shape index (κ1) is 14.2. The van der Waals surface area contributed by atoms with Gasteiger partial charge in [-0.2, -0.15) is 0 Å². The molecule has 0 bridgehead atoms. The summed E-state index contributed by atoms with van der Waals surface area (Å²) in [5.41, 5.74) is 1.17. The van der Waals surface area contributed by atoms with Crippen molar-refractivity contribution >= 4 is 17.5 Å². The largest absolute Gasteiger partial charge is 0.395 e. The number of aliphatic hydroxyl groups is 1. The van der Waals surface area contributed by atoms with Gasteiger partial charge in [0.1, 0.15) is 0 Å². The fourth-order valence-corrected chi connectivity index (χ4v) is 1.43. The number of rotatable bonds is 6. The zero-order chi connectivity index (χ0) is 13.4. The first-order chi connectivity index (χ1) is 8.67. The lowest BCUT2D eigenvalue weighted by molar-refractivity contribution is -0.116. The molecule has 1 aromatic rings. The first-order valence-electron chi connectivity index (χ1n) is 5.96. The molecule has 3 N–H and O–H groups in total. The van der Waals surface area contributed by atoms with Crippen molar-refractivity contribution in [2.75, 3.05) is 18.5 Å². The van der Waals surface area contributed by atoms with Crippen molar-refractivity contribution in [3.8, 4) is 0 Å². The normalized spacial score (nSPS) is 9.89. The SMILES string of the molecule is CCCC(=O)Nc1ccc(C(=O)NCCO)cc1. The molecule has 2 amide bonds. The predicted molar refractivity (Wildman–Crippen MR) is 69.4 cm³/mol. The number of anilines is 1. The van der Waals surface area contributed by atoms with Crippen LogP contribution < -0.4 is 10.6 Å². The minimum atomic E-state index is -0.240. The van der Waals surface area contributed by atoms with E-state index in [0.717, 1.165) is 6.42 Å². The Hall–Kier alpha value is -1.88. The summed E-state index contributed by atoms with van der Waals surface area (Å²) in [7, 11) is 0. The molecule has 1 rings (SSSR count). The standard InChI is InChI=1S/C13H18N2O3/c1-2-3-12(17)15-11-6-4-10(5-7-11)13(18)14-8-9-16/h4-7,16H,2-3,8-9H2,1H3,(H,14,18)(H,15,17). The first-order valence-corrected chi connectivity index (χ1v) is 5.96. The smallest absolute Gasteiger partial charge is 0.251 e. The summed E-state index contributed by atoms with van der Waals surface area (Å²) in [5, 5.41) is 13.9. The molecule has 5 heteroatoms. The van der Waals surface area contributed by atoms with Gasteiger partial charge < -0.3 is 15.7 Å². The highest BCUT2D eigenvalue weighted by atomic mass is 16.3. The van der Waals surface area contributed by atoms with E-state index in [2.05, 4.69) is 10.6 Å². The second-order valence-electron chi connectivity index (χ2n) is 3.86. The number of hydrogen-bond donors (Lipinski definition) is 3. The van der Waals surface area contributed by atoms with E-state index in [0.29, 0.717) is 17.7 Å². The molecule has 0 heterocycles. The highest BCUT2D eigenvalue weighted by molar-refractivity contribution is 5.95. The minimum Gasteiger partial charge on any atom is -0.395 e. The lowest BCUT2D eigenvalue weighted by Crippen LogP contribution is -2.26. The number of carbonyl (C=O) groups is 2. The molecule has 0 atom stereocenters. The van der Waals surface area contributed by atoms with Crippen molar-refractivity contribution in [2.45, 2.75) is 19.8 Å². The van der Waals surface area contributed by atoms with E-state index in [-0.39, 0.29) is 25.0 Å². The average molecular weight is 250 g/mol. The maximum atomic E-state index is 11.5. The van der Waals surface area contributed by atoms with Crippen LogP contribution in [-0.4, -0.2) is 30.1 Å². The summed E-state index contributed by atoms with van der Waals surface area (Å²) in [5.74, 6) is -0.273. The lowest BCUT2D eigenvalue weighted by atomic mass is 10.2. The van der Waals surface area contributed by atoms with Gasteiger partial charge >= 0.3 is 0 Å². The molecule has 0 spiro atoms. The Morgan fingerprint density at radius 2 is 1.89 bits per heavy atom. The zero-order valence-corrected chi connectivity index (χ0v) is 10.4. The minimum absolute atomic E-state index is 0.0324. The van der Waals surface area contributed by atoms with E-state index >= 15 is 0 Å². The van der Waals surface area contributed by atoms with Gasteiger partial charge in [0.25, 0.3) is 5.91 Å². The van der Waals surface area contributed by atoms with E-state index in [9.17, 15) is 9.59 Å². The third-order valence-electron chi connectivity index (χ3n) is 2.31. The van der Waals surface area contributed by atoms with Crippen molar-refractivity contribution in [2.24, 2.45) is 0 Å². The molecule has 98 valence electrons. The summed E-state index contributed by atoms with van der Waals surface area (Å²) in [6.45, 7) is 2.08. The summed E-state index contributed by atoms with van der Waals surface area (Å²) < 4.78 is 0. The van der Waals surface area contributed by atoms with Crippen LogP contribution in [0.4, 0.5) is 5.69 Å². The second kappa shape index (κ2) is 7.45. The third kappa shape index (κ3) is 4.55. The molecular weight excluding hydrogens is 232 g/mol. The molecule has 0 saturated heterocycles. The van der Waals surface area contributed by atoms with Crippen LogP contribution in [0, 0.1) is 0 Å².